The number of carbonyl (C=O) groups excluding carboxylic acids is 1. The molecule has 3 N–H and O–H groups in total. The van der Waals surface area contributed by atoms with Gasteiger partial charge in [0.25, 0.3) is 12.4 Å². The van der Waals surface area contributed by atoms with Crippen LogP contribution in [0.15, 0.2) is 55.0 Å². The van der Waals surface area contributed by atoms with Crippen molar-refractivity contribution in [1.82, 2.24) is 20.1 Å². The fourth-order valence-corrected chi connectivity index (χ4v) is 2.95. The molecule has 0 spiro atoms. The van der Waals surface area contributed by atoms with Crippen molar-refractivity contribution in [2.75, 3.05) is 6.61 Å². The number of nitrogens with one attached hydrogen (secondary N) is 1. The van der Waals surface area contributed by atoms with E-state index in [-0.39, 0.29) is 30.9 Å². The van der Waals surface area contributed by atoms with Crippen LogP contribution in [0.25, 0.3) is 5.69 Å². The van der Waals surface area contributed by atoms with Crippen LogP contribution in [0.4, 0.5) is 0 Å². The summed E-state index contributed by atoms with van der Waals surface area (Å²) in [7, 11) is 0. The third kappa shape index (κ3) is 6.75. The van der Waals surface area contributed by atoms with Crippen LogP contribution in [0.3, 0.4) is 0 Å². The summed E-state index contributed by atoms with van der Waals surface area (Å²) in [5, 5.41) is 23.4. The van der Waals surface area contributed by atoms with Crippen molar-refractivity contribution in [3.63, 3.8) is 0 Å². The van der Waals surface area contributed by atoms with Crippen molar-refractivity contribution in [2.24, 2.45) is 5.92 Å². The fraction of sp³-hybridized carbons (Fsp3) is 0.304. The molecule has 2 aromatic heterocycles. The quantitative estimate of drug-likeness (QED) is 0.502. The van der Waals surface area contributed by atoms with E-state index in [1.54, 1.807) is 12.4 Å². The minimum Gasteiger partial charge on any atom is -0.483 e. The van der Waals surface area contributed by atoms with Crippen molar-refractivity contribution in [3.8, 4) is 5.69 Å². The highest BCUT2D eigenvalue weighted by Gasteiger charge is 2.17. The molecule has 0 saturated heterocycles. The lowest BCUT2D eigenvalue weighted by Crippen LogP contribution is -2.41. The lowest BCUT2D eigenvalue weighted by molar-refractivity contribution is -0.122. The molecular weight excluding hydrogens is 396 g/mol. The van der Waals surface area contributed by atoms with Crippen molar-refractivity contribution < 1.29 is 19.8 Å². The number of rotatable bonds is 7. The zero-order chi connectivity index (χ0) is 22.8. The highest BCUT2D eigenvalue weighted by Crippen LogP contribution is 2.17. The molecule has 1 amide bonds. The largest absolute Gasteiger partial charge is 0.483 e. The number of aliphatic hydroxyl groups is 1. The van der Waals surface area contributed by atoms with Crippen LogP contribution in [0.5, 0.6) is 0 Å². The van der Waals surface area contributed by atoms with Gasteiger partial charge in [-0.15, -0.1) is 0 Å². The van der Waals surface area contributed by atoms with E-state index >= 15 is 0 Å². The second-order valence-electron chi connectivity index (χ2n) is 7.40. The molecule has 0 aliphatic carbocycles. The molecule has 3 rings (SSSR count). The second kappa shape index (κ2) is 11.6. The van der Waals surface area contributed by atoms with Gasteiger partial charge < -0.3 is 15.5 Å². The number of hydrogen-bond donors (Lipinski definition) is 3. The Morgan fingerprint density at radius 2 is 1.94 bits per heavy atom. The van der Waals surface area contributed by atoms with E-state index in [0.29, 0.717) is 12.1 Å². The number of benzene rings is 1. The molecule has 8 heteroatoms. The van der Waals surface area contributed by atoms with E-state index in [0.717, 1.165) is 22.4 Å². The van der Waals surface area contributed by atoms with E-state index in [1.165, 1.54) is 0 Å². The van der Waals surface area contributed by atoms with Crippen molar-refractivity contribution in [1.29, 1.82) is 0 Å². The SMILES string of the molecule is Cc1cnc(C(=O)N[C@H](CO)C(C)C)cc1Cc1ccc(-n2cccn2)cc1.O=CO. The zero-order valence-electron chi connectivity index (χ0n) is 17.9. The topological polar surface area (TPSA) is 117 Å². The Morgan fingerprint density at radius 3 is 2.48 bits per heavy atom. The van der Waals surface area contributed by atoms with Gasteiger partial charge in [0.2, 0.25) is 0 Å². The van der Waals surface area contributed by atoms with E-state index < -0.39 is 0 Å². The molecule has 0 unspecified atom stereocenters. The van der Waals surface area contributed by atoms with Gasteiger partial charge in [-0.05, 0) is 60.2 Å². The minimum atomic E-state index is -0.283. The average Bonchev–Trinajstić information content (AvgIpc) is 3.29. The maximum atomic E-state index is 12.5. The Bertz CT molecular complexity index is 970. The monoisotopic (exact) mass is 424 g/mol. The summed E-state index contributed by atoms with van der Waals surface area (Å²) in [5.74, 6) is -0.116. The van der Waals surface area contributed by atoms with Gasteiger partial charge >= 0.3 is 0 Å². The number of nitrogens with zero attached hydrogens (tertiary/aromatic N) is 3. The summed E-state index contributed by atoms with van der Waals surface area (Å²) in [6.07, 6.45) is 6.10. The first-order valence-electron chi connectivity index (χ1n) is 9.93. The molecular formula is C23H28N4O4. The normalized spacial score (nSPS) is 11.4. The molecule has 0 bridgehead atoms. The first-order chi connectivity index (χ1) is 14.9. The predicted octanol–water partition coefficient (Wildman–Crippen LogP) is 2.61. The first kappa shape index (κ1) is 23.8. The van der Waals surface area contributed by atoms with Gasteiger partial charge in [-0.2, -0.15) is 5.10 Å². The van der Waals surface area contributed by atoms with Gasteiger partial charge in [0, 0.05) is 18.6 Å². The molecule has 1 aromatic carbocycles. The third-order valence-electron chi connectivity index (χ3n) is 4.87. The van der Waals surface area contributed by atoms with E-state index in [4.69, 9.17) is 9.90 Å². The summed E-state index contributed by atoms with van der Waals surface area (Å²) < 4.78 is 1.82. The lowest BCUT2D eigenvalue weighted by Gasteiger charge is -2.19. The molecule has 31 heavy (non-hydrogen) atoms. The van der Waals surface area contributed by atoms with Crippen LogP contribution in [0.1, 0.15) is 41.0 Å². The summed E-state index contributed by atoms with van der Waals surface area (Å²) in [5.41, 5.74) is 4.61. The second-order valence-corrected chi connectivity index (χ2v) is 7.40. The smallest absolute Gasteiger partial charge is 0.290 e. The molecule has 3 aromatic rings. The van der Waals surface area contributed by atoms with Crippen LogP contribution in [-0.4, -0.2) is 50.0 Å². The Labute approximate surface area is 181 Å². The maximum Gasteiger partial charge on any atom is 0.290 e. The number of aliphatic hydroxyl groups excluding tert-OH is 1. The van der Waals surface area contributed by atoms with Gasteiger partial charge in [-0.25, -0.2) is 4.68 Å². The highest BCUT2D eigenvalue weighted by molar-refractivity contribution is 5.92. The molecule has 0 aliphatic heterocycles. The zero-order valence-corrected chi connectivity index (χ0v) is 17.9. The summed E-state index contributed by atoms with van der Waals surface area (Å²) in [6, 6.07) is 11.6. The molecule has 0 fully saturated rings. The van der Waals surface area contributed by atoms with Gasteiger partial charge in [0.15, 0.2) is 0 Å². The van der Waals surface area contributed by atoms with Crippen LogP contribution in [0, 0.1) is 12.8 Å². The molecule has 0 saturated carbocycles. The first-order valence-corrected chi connectivity index (χ1v) is 9.93. The highest BCUT2D eigenvalue weighted by atomic mass is 16.3. The van der Waals surface area contributed by atoms with E-state index in [1.807, 2.05) is 55.9 Å². The summed E-state index contributed by atoms with van der Waals surface area (Å²) >= 11 is 0. The fourth-order valence-electron chi connectivity index (χ4n) is 2.95. The number of amides is 1. The number of carboxylic acid groups (broad SMARTS) is 1. The van der Waals surface area contributed by atoms with Gasteiger partial charge in [0.1, 0.15) is 5.69 Å². The molecule has 164 valence electrons. The number of aromatic nitrogens is 3. The number of pyridine rings is 1. The predicted molar refractivity (Wildman–Crippen MR) is 117 cm³/mol. The standard InChI is InChI=1S/C22H26N4O2.CH2O2/c1-15(2)21(14-27)25-22(28)20-12-18(16(3)13-23-20)11-17-5-7-19(8-6-17)26-10-4-9-24-26;2-1-3/h4-10,12-13,15,21,27H,11,14H2,1-3H3,(H,25,28);1H,(H,2,3)/t21-;/m1./s1. The number of aryl methyl sites for hydroxylation is 1. The van der Waals surface area contributed by atoms with Crippen molar-refractivity contribution in [2.45, 2.75) is 33.2 Å². The average molecular weight is 425 g/mol. The van der Waals surface area contributed by atoms with Crippen LogP contribution in [0.2, 0.25) is 0 Å². The van der Waals surface area contributed by atoms with Gasteiger partial charge in [0.05, 0.1) is 18.3 Å². The summed E-state index contributed by atoms with van der Waals surface area (Å²) in [4.78, 5) is 25.1. The van der Waals surface area contributed by atoms with Crippen molar-refractivity contribution >= 4 is 12.4 Å². The van der Waals surface area contributed by atoms with Crippen LogP contribution >= 0.6 is 0 Å². The molecule has 0 radical (unpaired) electrons. The van der Waals surface area contributed by atoms with Crippen molar-refractivity contribution in [3.05, 3.63) is 77.4 Å². The Morgan fingerprint density at radius 1 is 1.26 bits per heavy atom. The Balaban J connectivity index is 0.00000107. The van der Waals surface area contributed by atoms with Crippen LogP contribution in [-0.2, 0) is 11.2 Å². The van der Waals surface area contributed by atoms with Crippen LogP contribution < -0.4 is 5.32 Å². The molecule has 2 heterocycles. The number of carbonyl (C=O) groups is 2. The van der Waals surface area contributed by atoms with E-state index in [2.05, 4.69) is 27.5 Å². The maximum absolute atomic E-state index is 12.5. The minimum absolute atomic E-state index is 0.0925. The number of hydrogen-bond acceptors (Lipinski definition) is 5. The van der Waals surface area contributed by atoms with Gasteiger partial charge in [-0.3, -0.25) is 14.6 Å². The molecule has 8 nitrogen and oxygen atoms in total. The Kier molecular flexibility index (Phi) is 8.90. The van der Waals surface area contributed by atoms with E-state index in [9.17, 15) is 9.90 Å². The summed E-state index contributed by atoms with van der Waals surface area (Å²) in [6.45, 7) is 5.57. The molecule has 1 atom stereocenters. The Hall–Kier alpha value is -3.52. The molecule has 0 aliphatic rings. The third-order valence-corrected chi connectivity index (χ3v) is 4.87. The lowest BCUT2D eigenvalue weighted by atomic mass is 10.0. The van der Waals surface area contributed by atoms with Gasteiger partial charge in [-0.1, -0.05) is 26.0 Å².